The van der Waals surface area contributed by atoms with Gasteiger partial charge in [0.2, 0.25) is 0 Å². The highest BCUT2D eigenvalue weighted by Gasteiger charge is 1.95. The van der Waals surface area contributed by atoms with Gasteiger partial charge in [-0.15, -0.1) is 0 Å². The maximum atomic E-state index is 5.75. The molecule has 1 nitrogen and oxygen atoms in total. The van der Waals surface area contributed by atoms with Crippen molar-refractivity contribution in [2.75, 3.05) is 13.2 Å². The molecule has 0 aliphatic carbocycles. The molecule has 0 spiro atoms. The Morgan fingerprint density at radius 1 is 0.630 bits per heavy atom. The summed E-state index contributed by atoms with van der Waals surface area (Å²) in [7, 11) is 0. The van der Waals surface area contributed by atoms with Gasteiger partial charge in [0.05, 0.1) is 6.61 Å². The SMILES string of the molecule is CCCCCCCCCCCCCCCCOCC=C(C)CCC=C(C)C. The molecule has 0 atom stereocenters. The molecule has 0 bridgehead atoms. The van der Waals surface area contributed by atoms with Crippen LogP contribution < -0.4 is 0 Å². The second-order valence-electron chi connectivity index (χ2n) is 8.54. The van der Waals surface area contributed by atoms with Crippen molar-refractivity contribution in [1.82, 2.24) is 0 Å². The Bertz CT molecular complexity index is 349. The van der Waals surface area contributed by atoms with Gasteiger partial charge in [0.1, 0.15) is 0 Å². The summed E-state index contributed by atoms with van der Waals surface area (Å²) in [6, 6.07) is 0. The van der Waals surface area contributed by atoms with Gasteiger partial charge in [-0.25, -0.2) is 0 Å². The molecule has 0 aliphatic rings. The van der Waals surface area contributed by atoms with Gasteiger partial charge < -0.3 is 4.74 Å². The van der Waals surface area contributed by atoms with Crippen molar-refractivity contribution in [3.05, 3.63) is 23.3 Å². The monoisotopic (exact) mass is 378 g/mol. The first-order valence-electron chi connectivity index (χ1n) is 12.0. The van der Waals surface area contributed by atoms with Crippen LogP contribution in [-0.4, -0.2) is 13.2 Å². The summed E-state index contributed by atoms with van der Waals surface area (Å²) in [5, 5.41) is 0. The summed E-state index contributed by atoms with van der Waals surface area (Å²) < 4.78 is 5.75. The van der Waals surface area contributed by atoms with Gasteiger partial charge in [0, 0.05) is 6.61 Å². The molecular weight excluding hydrogens is 328 g/mol. The summed E-state index contributed by atoms with van der Waals surface area (Å²) in [5.74, 6) is 0. The summed E-state index contributed by atoms with van der Waals surface area (Å²) in [4.78, 5) is 0. The zero-order valence-electron chi connectivity index (χ0n) is 19.3. The van der Waals surface area contributed by atoms with Crippen LogP contribution in [0.3, 0.4) is 0 Å². The molecule has 0 aromatic carbocycles. The van der Waals surface area contributed by atoms with Crippen LogP contribution in [0.1, 0.15) is 130 Å². The molecule has 0 aromatic rings. The van der Waals surface area contributed by atoms with E-state index in [4.69, 9.17) is 4.74 Å². The van der Waals surface area contributed by atoms with Crippen molar-refractivity contribution in [3.8, 4) is 0 Å². The van der Waals surface area contributed by atoms with Crippen LogP contribution in [-0.2, 0) is 4.74 Å². The predicted molar refractivity (Wildman–Crippen MR) is 124 cm³/mol. The van der Waals surface area contributed by atoms with Crippen LogP contribution >= 0.6 is 0 Å². The molecule has 0 amide bonds. The lowest BCUT2D eigenvalue weighted by Gasteiger charge is -2.04. The molecule has 1 heteroatoms. The lowest BCUT2D eigenvalue weighted by Crippen LogP contribution is -1.95. The molecule has 0 unspecified atom stereocenters. The van der Waals surface area contributed by atoms with Gasteiger partial charge in [0.25, 0.3) is 0 Å². The first-order valence-corrected chi connectivity index (χ1v) is 12.0. The number of allylic oxidation sites excluding steroid dienone is 3. The zero-order valence-corrected chi connectivity index (χ0v) is 19.3. The molecular formula is C26H50O. The number of hydrogen-bond acceptors (Lipinski definition) is 1. The molecule has 0 saturated carbocycles. The molecule has 0 aliphatic heterocycles. The van der Waals surface area contributed by atoms with E-state index in [2.05, 4.69) is 39.8 Å². The summed E-state index contributed by atoms with van der Waals surface area (Å²) in [6.07, 6.45) is 26.7. The van der Waals surface area contributed by atoms with Crippen LogP contribution in [0.2, 0.25) is 0 Å². The van der Waals surface area contributed by atoms with Crippen molar-refractivity contribution >= 4 is 0 Å². The Morgan fingerprint density at radius 2 is 1.11 bits per heavy atom. The fourth-order valence-corrected chi connectivity index (χ4v) is 3.37. The van der Waals surface area contributed by atoms with Crippen molar-refractivity contribution in [2.24, 2.45) is 0 Å². The molecule has 0 fully saturated rings. The minimum atomic E-state index is 0.791. The summed E-state index contributed by atoms with van der Waals surface area (Å²) in [6.45, 7) is 10.6. The quantitative estimate of drug-likeness (QED) is 0.151. The van der Waals surface area contributed by atoms with E-state index < -0.39 is 0 Å². The van der Waals surface area contributed by atoms with E-state index in [0.29, 0.717) is 0 Å². The van der Waals surface area contributed by atoms with E-state index in [0.717, 1.165) is 26.1 Å². The van der Waals surface area contributed by atoms with Gasteiger partial charge in [-0.05, 0) is 40.0 Å². The van der Waals surface area contributed by atoms with E-state index in [-0.39, 0.29) is 0 Å². The number of hydrogen-bond donors (Lipinski definition) is 0. The van der Waals surface area contributed by atoms with E-state index in [1.165, 1.54) is 101 Å². The third-order valence-electron chi connectivity index (χ3n) is 5.28. The molecule has 0 aromatic heterocycles. The number of rotatable bonds is 20. The van der Waals surface area contributed by atoms with Crippen molar-refractivity contribution < 1.29 is 4.74 Å². The summed E-state index contributed by atoms with van der Waals surface area (Å²) >= 11 is 0. The van der Waals surface area contributed by atoms with Crippen molar-refractivity contribution in [3.63, 3.8) is 0 Å². The van der Waals surface area contributed by atoms with Crippen LogP contribution in [0, 0.1) is 0 Å². The maximum absolute atomic E-state index is 5.75. The van der Waals surface area contributed by atoms with Crippen LogP contribution in [0.15, 0.2) is 23.3 Å². The topological polar surface area (TPSA) is 9.23 Å². The van der Waals surface area contributed by atoms with Crippen LogP contribution in [0.5, 0.6) is 0 Å². The first-order chi connectivity index (χ1) is 13.2. The fraction of sp³-hybridized carbons (Fsp3) is 0.846. The van der Waals surface area contributed by atoms with Gasteiger partial charge in [-0.3, -0.25) is 0 Å². The Hall–Kier alpha value is -0.560. The molecule has 0 saturated heterocycles. The highest BCUT2D eigenvalue weighted by Crippen LogP contribution is 2.13. The van der Waals surface area contributed by atoms with Crippen LogP contribution in [0.4, 0.5) is 0 Å². The number of unbranched alkanes of at least 4 members (excludes halogenated alkanes) is 13. The summed E-state index contributed by atoms with van der Waals surface area (Å²) in [5.41, 5.74) is 2.87. The van der Waals surface area contributed by atoms with Crippen LogP contribution in [0.25, 0.3) is 0 Å². The zero-order chi connectivity index (χ0) is 20.0. The van der Waals surface area contributed by atoms with E-state index >= 15 is 0 Å². The Kier molecular flexibility index (Phi) is 21.3. The van der Waals surface area contributed by atoms with Crippen molar-refractivity contribution in [1.29, 1.82) is 0 Å². The maximum Gasteiger partial charge on any atom is 0.0649 e. The van der Waals surface area contributed by atoms with Gasteiger partial charge in [-0.1, -0.05) is 114 Å². The van der Waals surface area contributed by atoms with Gasteiger partial charge in [0.15, 0.2) is 0 Å². The standard InChI is InChI=1S/C26H50O/c1-5-6-7-8-9-10-11-12-13-14-15-16-17-18-23-27-24-22-26(4)21-19-20-25(2)3/h20,22H,5-19,21,23-24H2,1-4H3. The molecule has 27 heavy (non-hydrogen) atoms. The fourth-order valence-electron chi connectivity index (χ4n) is 3.37. The highest BCUT2D eigenvalue weighted by atomic mass is 16.5. The first kappa shape index (κ1) is 26.4. The lowest BCUT2D eigenvalue weighted by molar-refractivity contribution is 0.156. The Balaban J connectivity index is 3.19. The Labute approximate surface area is 172 Å². The van der Waals surface area contributed by atoms with E-state index in [1.54, 1.807) is 0 Å². The average molecular weight is 379 g/mol. The highest BCUT2D eigenvalue weighted by molar-refractivity contribution is 5.02. The molecule has 0 rings (SSSR count). The second-order valence-corrected chi connectivity index (χ2v) is 8.54. The van der Waals surface area contributed by atoms with Gasteiger partial charge in [-0.2, -0.15) is 0 Å². The minimum absolute atomic E-state index is 0.791. The smallest absolute Gasteiger partial charge is 0.0649 e. The molecule has 0 N–H and O–H groups in total. The second kappa shape index (κ2) is 21.7. The lowest BCUT2D eigenvalue weighted by atomic mass is 10.0. The van der Waals surface area contributed by atoms with E-state index in [9.17, 15) is 0 Å². The Morgan fingerprint density at radius 3 is 1.59 bits per heavy atom. The molecule has 0 radical (unpaired) electrons. The predicted octanol–water partition coefficient (Wildman–Crippen LogP) is 9.18. The minimum Gasteiger partial charge on any atom is -0.377 e. The molecule has 0 heterocycles. The third-order valence-corrected chi connectivity index (χ3v) is 5.28. The van der Waals surface area contributed by atoms with Gasteiger partial charge >= 0.3 is 0 Å². The van der Waals surface area contributed by atoms with Crippen molar-refractivity contribution in [2.45, 2.75) is 130 Å². The number of ether oxygens (including phenoxy) is 1. The average Bonchev–Trinajstić information content (AvgIpc) is 2.64. The third kappa shape index (κ3) is 23.4. The molecule has 160 valence electrons. The normalized spacial score (nSPS) is 11.8. The van der Waals surface area contributed by atoms with E-state index in [1.807, 2.05) is 0 Å². The largest absolute Gasteiger partial charge is 0.377 e.